The smallest absolute Gasteiger partial charge is 0.416 e. The van der Waals surface area contributed by atoms with E-state index in [2.05, 4.69) is 21.2 Å². The van der Waals surface area contributed by atoms with Crippen molar-refractivity contribution >= 4 is 51.1 Å². The highest BCUT2D eigenvalue weighted by atomic mass is 79.9. The van der Waals surface area contributed by atoms with Gasteiger partial charge in [-0.15, -0.1) is 0 Å². The minimum absolute atomic E-state index is 0.0244. The van der Waals surface area contributed by atoms with Gasteiger partial charge in [0.1, 0.15) is 17.1 Å². The summed E-state index contributed by atoms with van der Waals surface area (Å²) in [5.41, 5.74) is -1.53. The van der Waals surface area contributed by atoms with E-state index in [-0.39, 0.29) is 44.8 Å². The Balaban J connectivity index is 0.000000393. The number of nitro groups is 1. The van der Waals surface area contributed by atoms with Gasteiger partial charge in [-0.05, 0) is 62.9 Å². The molecule has 0 heterocycles. The fraction of sp³-hybridized carbons (Fsp3) is 0.382. The largest absolute Gasteiger partial charge is 0.463 e. The molecule has 3 aromatic rings. The molecule has 0 aliphatic heterocycles. The topological polar surface area (TPSA) is 134 Å². The zero-order chi connectivity index (χ0) is 37.3. The van der Waals surface area contributed by atoms with Gasteiger partial charge in [0, 0.05) is 12.1 Å². The number of hydrogen-bond donors (Lipinski definition) is 1. The first-order valence-corrected chi connectivity index (χ1v) is 16.1. The second kappa shape index (κ2) is 17.0. The Labute approximate surface area is 295 Å². The molecule has 2 atom stereocenters. The molecule has 266 valence electrons. The van der Waals surface area contributed by atoms with Crippen LogP contribution in [0, 0.1) is 15.5 Å². The fourth-order valence-electron chi connectivity index (χ4n) is 4.01. The Morgan fingerprint density at radius 1 is 0.959 bits per heavy atom. The summed E-state index contributed by atoms with van der Waals surface area (Å²) in [7, 11) is 0. The molecule has 1 amide bonds. The summed E-state index contributed by atoms with van der Waals surface area (Å²) in [5.74, 6) is -2.33. The molecule has 0 aliphatic rings. The minimum Gasteiger partial charge on any atom is -0.463 e. The average molecular weight is 774 g/mol. The van der Waals surface area contributed by atoms with E-state index in [1.54, 1.807) is 6.92 Å². The summed E-state index contributed by atoms with van der Waals surface area (Å²) >= 11 is 9.30. The molecule has 3 aromatic carbocycles. The van der Waals surface area contributed by atoms with Gasteiger partial charge in [-0.2, -0.15) is 13.2 Å². The van der Waals surface area contributed by atoms with Gasteiger partial charge >= 0.3 is 18.1 Å². The third kappa shape index (κ3) is 12.0. The summed E-state index contributed by atoms with van der Waals surface area (Å²) in [6, 6.07) is 15.4. The Kier molecular flexibility index (Phi) is 14.2. The molecule has 0 aromatic heterocycles. The van der Waals surface area contributed by atoms with Crippen LogP contribution in [0.25, 0.3) is 0 Å². The molecular formula is C34H37BrClF3N2O8. The Bertz CT molecular complexity index is 1650. The van der Waals surface area contributed by atoms with Crippen molar-refractivity contribution in [2.75, 3.05) is 6.61 Å². The van der Waals surface area contributed by atoms with Gasteiger partial charge in [0.25, 0.3) is 5.69 Å². The highest BCUT2D eigenvalue weighted by Gasteiger charge is 2.33. The Morgan fingerprint density at radius 2 is 1.57 bits per heavy atom. The van der Waals surface area contributed by atoms with Crippen LogP contribution in [0.3, 0.4) is 0 Å². The van der Waals surface area contributed by atoms with Gasteiger partial charge in [-0.25, -0.2) is 9.59 Å². The lowest BCUT2D eigenvalue weighted by atomic mass is 9.89. The maximum Gasteiger partial charge on any atom is 0.416 e. The van der Waals surface area contributed by atoms with E-state index >= 15 is 0 Å². The summed E-state index contributed by atoms with van der Waals surface area (Å²) in [6.07, 6.45) is -5.94. The van der Waals surface area contributed by atoms with E-state index in [9.17, 15) is 37.7 Å². The lowest BCUT2D eigenvalue weighted by molar-refractivity contribution is -0.385. The number of rotatable bonds is 10. The minimum atomic E-state index is -4.61. The van der Waals surface area contributed by atoms with Gasteiger partial charge in [-0.3, -0.25) is 14.9 Å². The molecule has 0 radical (unpaired) electrons. The highest BCUT2D eigenvalue weighted by molar-refractivity contribution is 9.10. The van der Waals surface area contributed by atoms with E-state index in [0.717, 1.165) is 35.9 Å². The van der Waals surface area contributed by atoms with E-state index in [1.165, 1.54) is 6.92 Å². The van der Waals surface area contributed by atoms with Crippen LogP contribution in [-0.4, -0.2) is 40.3 Å². The first-order valence-electron chi connectivity index (χ1n) is 14.8. The van der Waals surface area contributed by atoms with Crippen LogP contribution >= 0.6 is 27.5 Å². The molecule has 0 saturated carbocycles. The van der Waals surface area contributed by atoms with Gasteiger partial charge in [0.2, 0.25) is 5.91 Å². The molecule has 10 nitrogen and oxygen atoms in total. The molecule has 3 rings (SSSR count). The number of benzene rings is 3. The highest BCUT2D eigenvalue weighted by Crippen LogP contribution is 2.37. The summed E-state index contributed by atoms with van der Waals surface area (Å²) in [5, 5.41) is 14.0. The summed E-state index contributed by atoms with van der Waals surface area (Å²) in [4.78, 5) is 46.4. The van der Waals surface area contributed by atoms with Gasteiger partial charge < -0.3 is 19.5 Å². The van der Waals surface area contributed by atoms with Crippen molar-refractivity contribution in [3.8, 4) is 11.5 Å². The zero-order valence-corrected chi connectivity index (χ0v) is 30.2. The Morgan fingerprint density at radius 3 is 2.08 bits per heavy atom. The number of halogens is 5. The second-order valence-corrected chi connectivity index (χ2v) is 13.5. The van der Waals surface area contributed by atoms with Crippen molar-refractivity contribution < 1.29 is 46.7 Å². The van der Waals surface area contributed by atoms with Gasteiger partial charge in [0.15, 0.2) is 6.10 Å². The number of alkyl halides is 4. The van der Waals surface area contributed by atoms with Crippen molar-refractivity contribution in [1.29, 1.82) is 0 Å². The maximum absolute atomic E-state index is 12.8. The van der Waals surface area contributed by atoms with Crippen LogP contribution in [0.15, 0.2) is 66.7 Å². The van der Waals surface area contributed by atoms with Crippen LogP contribution < -0.4 is 10.1 Å². The third-order valence-corrected chi connectivity index (χ3v) is 8.78. The number of amides is 1. The molecule has 49 heavy (non-hydrogen) atoms. The Hall–Kier alpha value is -4.17. The van der Waals surface area contributed by atoms with Crippen LogP contribution in [0.1, 0.15) is 70.0 Å². The van der Waals surface area contributed by atoms with Crippen molar-refractivity contribution in [3.63, 3.8) is 0 Å². The molecule has 0 bridgehead atoms. The molecule has 1 N–H and O–H groups in total. The molecule has 0 fully saturated rings. The SMILES string of the molecule is CC(C)(NC(=O)C(Br)C(C)(C)C)c1ccccc1.CCOC(=O)C(C)OC(=O)c1cc(Oc2ccc(C(F)(F)F)cc2Cl)ccc1[N+](=O)[O-]. The number of hydrogen-bond acceptors (Lipinski definition) is 8. The third-order valence-electron chi connectivity index (χ3n) is 6.70. The molecular weight excluding hydrogens is 737 g/mol. The number of nitro benzene ring substituents is 1. The van der Waals surface area contributed by atoms with E-state index in [1.807, 2.05) is 65.0 Å². The van der Waals surface area contributed by atoms with Crippen molar-refractivity contribution in [2.45, 2.75) is 71.1 Å². The lowest BCUT2D eigenvalue weighted by Crippen LogP contribution is -2.47. The zero-order valence-electron chi connectivity index (χ0n) is 27.8. The number of esters is 2. The predicted octanol–water partition coefficient (Wildman–Crippen LogP) is 9.02. The van der Waals surface area contributed by atoms with Crippen LogP contribution in [-0.2, 0) is 30.8 Å². The molecule has 15 heteroatoms. The molecule has 0 saturated heterocycles. The van der Waals surface area contributed by atoms with E-state index in [0.29, 0.717) is 6.07 Å². The molecule has 0 aliphatic carbocycles. The van der Waals surface area contributed by atoms with Crippen molar-refractivity contribution in [3.05, 3.63) is 98.6 Å². The summed E-state index contributed by atoms with van der Waals surface area (Å²) in [6.45, 7) is 13.0. The van der Waals surface area contributed by atoms with E-state index in [4.69, 9.17) is 25.8 Å². The maximum atomic E-state index is 12.8. The standard InChI is InChI=1S/C19H15ClF3NO7.C15H22BrNO/c1-3-29-17(25)10(2)30-18(26)13-9-12(5-6-15(13)24(27)28)31-16-7-4-11(8-14(16)20)19(21,22)23;1-14(2,3)12(16)13(18)17-15(4,5)11-9-7-6-8-10-11/h4-10H,3H2,1-2H3;6-10,12H,1-5H3,(H,17,18). The fourth-order valence-corrected chi connectivity index (χ4v) is 4.35. The number of ether oxygens (including phenoxy) is 3. The molecule has 0 spiro atoms. The average Bonchev–Trinajstić information content (AvgIpc) is 3.01. The first-order chi connectivity index (χ1) is 22.6. The second-order valence-electron chi connectivity index (χ2n) is 12.2. The monoisotopic (exact) mass is 772 g/mol. The van der Waals surface area contributed by atoms with Gasteiger partial charge in [-0.1, -0.05) is 78.6 Å². The quantitative estimate of drug-likeness (QED) is 0.0934. The van der Waals surface area contributed by atoms with Crippen LogP contribution in [0.5, 0.6) is 11.5 Å². The number of nitrogens with zero attached hydrogens (tertiary/aromatic N) is 1. The normalized spacial score (nSPS) is 12.8. The first kappa shape index (κ1) is 41.0. The number of carbonyl (C=O) groups is 3. The number of carbonyl (C=O) groups excluding carboxylic acids is 3. The van der Waals surface area contributed by atoms with E-state index < -0.39 is 46.0 Å². The van der Waals surface area contributed by atoms with Crippen molar-refractivity contribution in [1.82, 2.24) is 5.32 Å². The van der Waals surface area contributed by atoms with Crippen molar-refractivity contribution in [2.24, 2.45) is 5.41 Å². The van der Waals surface area contributed by atoms with Crippen LogP contribution in [0.2, 0.25) is 5.02 Å². The van der Waals surface area contributed by atoms with Gasteiger partial charge in [0.05, 0.1) is 32.5 Å². The lowest BCUT2D eigenvalue weighted by Gasteiger charge is -2.31. The predicted molar refractivity (Wildman–Crippen MR) is 181 cm³/mol. The molecule has 2 unspecified atom stereocenters. The number of nitrogens with one attached hydrogen (secondary N) is 1. The summed E-state index contributed by atoms with van der Waals surface area (Å²) < 4.78 is 53.2. The van der Waals surface area contributed by atoms with Crippen LogP contribution in [0.4, 0.5) is 18.9 Å².